The van der Waals surface area contributed by atoms with E-state index < -0.39 is 5.97 Å². The van der Waals surface area contributed by atoms with Crippen molar-refractivity contribution in [3.05, 3.63) is 23.9 Å². The van der Waals surface area contributed by atoms with E-state index in [2.05, 4.69) is 14.9 Å². The van der Waals surface area contributed by atoms with Crippen LogP contribution in [0, 0.1) is 0 Å². The van der Waals surface area contributed by atoms with Crippen LogP contribution in [-0.4, -0.2) is 42.9 Å². The first-order valence-corrected chi connectivity index (χ1v) is 9.08. The summed E-state index contributed by atoms with van der Waals surface area (Å²) >= 11 is 0. The molecule has 2 aromatic rings. The molecule has 1 saturated heterocycles. The number of ether oxygens (including phenoxy) is 3. The van der Waals surface area contributed by atoms with Crippen molar-refractivity contribution in [3.8, 4) is 22.8 Å². The van der Waals surface area contributed by atoms with Crippen LogP contribution in [0.5, 0.6) is 11.5 Å². The molecule has 0 amide bonds. The van der Waals surface area contributed by atoms with Gasteiger partial charge in [-0.2, -0.15) is 0 Å². The second-order valence-electron chi connectivity index (χ2n) is 6.59. The van der Waals surface area contributed by atoms with Crippen LogP contribution in [0.3, 0.4) is 0 Å². The number of fused-ring (bicyclic) bond motifs is 1. The van der Waals surface area contributed by atoms with Gasteiger partial charge >= 0.3 is 5.97 Å². The van der Waals surface area contributed by atoms with Crippen LogP contribution in [0.2, 0.25) is 0 Å². The molecule has 1 aromatic heterocycles. The van der Waals surface area contributed by atoms with E-state index in [9.17, 15) is 4.79 Å². The van der Waals surface area contributed by atoms with Gasteiger partial charge in [0, 0.05) is 18.7 Å². The third kappa shape index (κ3) is 3.34. The lowest BCUT2D eigenvalue weighted by molar-refractivity contribution is 0.0595. The molecule has 1 aromatic carbocycles. The van der Waals surface area contributed by atoms with E-state index in [1.807, 2.05) is 18.2 Å². The predicted octanol–water partition coefficient (Wildman–Crippen LogP) is 2.62. The topological polar surface area (TPSA) is 99.8 Å². The number of nitrogens with zero attached hydrogens (tertiary/aromatic N) is 3. The second kappa shape index (κ2) is 7.30. The molecule has 8 heteroatoms. The Morgan fingerprint density at radius 1 is 1.11 bits per heavy atom. The molecule has 2 N–H and O–H groups in total. The average Bonchev–Trinajstić information content (AvgIpc) is 2.99. The van der Waals surface area contributed by atoms with Gasteiger partial charge in [0.15, 0.2) is 28.8 Å². The van der Waals surface area contributed by atoms with Gasteiger partial charge in [-0.1, -0.05) is 12.8 Å². The molecule has 0 bridgehead atoms. The van der Waals surface area contributed by atoms with Crippen LogP contribution in [-0.2, 0) is 4.74 Å². The van der Waals surface area contributed by atoms with Crippen LogP contribution in [0.15, 0.2) is 18.2 Å². The maximum absolute atomic E-state index is 12.1. The number of anilines is 2. The number of esters is 1. The molecule has 0 radical (unpaired) electrons. The maximum Gasteiger partial charge on any atom is 0.360 e. The third-order valence-electron chi connectivity index (χ3n) is 4.83. The van der Waals surface area contributed by atoms with Crippen LogP contribution < -0.4 is 20.1 Å². The van der Waals surface area contributed by atoms with Crippen LogP contribution in [0.4, 0.5) is 11.6 Å². The minimum atomic E-state index is -0.607. The highest BCUT2D eigenvalue weighted by Gasteiger charge is 2.24. The van der Waals surface area contributed by atoms with Crippen LogP contribution >= 0.6 is 0 Å². The number of aromatic nitrogens is 2. The lowest BCUT2D eigenvalue weighted by atomic mass is 10.1. The van der Waals surface area contributed by atoms with Crippen LogP contribution in [0.1, 0.15) is 36.2 Å². The largest absolute Gasteiger partial charge is 0.464 e. The van der Waals surface area contributed by atoms with Crippen molar-refractivity contribution >= 4 is 17.6 Å². The molecule has 0 aliphatic carbocycles. The first-order chi connectivity index (χ1) is 13.2. The Morgan fingerprint density at radius 2 is 1.85 bits per heavy atom. The van der Waals surface area contributed by atoms with Gasteiger partial charge < -0.3 is 24.8 Å². The zero-order valence-corrected chi connectivity index (χ0v) is 15.2. The molecular formula is C19H22N4O4. The number of nitrogens with two attached hydrogens (primary N) is 1. The Kier molecular flexibility index (Phi) is 4.70. The van der Waals surface area contributed by atoms with Crippen molar-refractivity contribution in [1.82, 2.24) is 9.97 Å². The average molecular weight is 370 g/mol. The highest BCUT2D eigenvalue weighted by molar-refractivity contribution is 5.93. The number of methoxy groups -OCH3 is 1. The van der Waals surface area contributed by atoms with Crippen molar-refractivity contribution in [2.24, 2.45) is 0 Å². The minimum Gasteiger partial charge on any atom is -0.464 e. The molecule has 0 spiro atoms. The lowest BCUT2D eigenvalue weighted by Crippen LogP contribution is -2.27. The van der Waals surface area contributed by atoms with E-state index in [4.69, 9.17) is 19.9 Å². The first-order valence-electron chi connectivity index (χ1n) is 9.08. The van der Waals surface area contributed by atoms with E-state index in [0.717, 1.165) is 31.5 Å². The number of carbonyl (C=O) groups is 1. The Labute approximate surface area is 157 Å². The number of benzene rings is 1. The Balaban J connectivity index is 1.84. The van der Waals surface area contributed by atoms with Gasteiger partial charge in [-0.05, 0) is 31.0 Å². The molecule has 0 atom stereocenters. The summed E-state index contributed by atoms with van der Waals surface area (Å²) in [6.45, 7) is 1.95. The molecule has 1 fully saturated rings. The van der Waals surface area contributed by atoms with E-state index >= 15 is 0 Å². The zero-order chi connectivity index (χ0) is 18.8. The number of hydrogen-bond donors (Lipinski definition) is 1. The zero-order valence-electron chi connectivity index (χ0n) is 15.2. The number of hydrogen-bond acceptors (Lipinski definition) is 8. The van der Waals surface area contributed by atoms with Crippen molar-refractivity contribution < 1.29 is 19.0 Å². The summed E-state index contributed by atoms with van der Waals surface area (Å²) in [6, 6.07) is 5.57. The SMILES string of the molecule is COC(=O)c1nc(-c2ccc3c(c2)OCO3)c(N2CCCCCC2)nc1N. The summed E-state index contributed by atoms with van der Waals surface area (Å²) in [5.41, 5.74) is 7.43. The molecule has 2 aliphatic heterocycles. The van der Waals surface area contributed by atoms with E-state index in [-0.39, 0.29) is 18.3 Å². The van der Waals surface area contributed by atoms with Gasteiger partial charge in [0.25, 0.3) is 0 Å². The summed E-state index contributed by atoms with van der Waals surface area (Å²) in [5, 5.41) is 0. The highest BCUT2D eigenvalue weighted by atomic mass is 16.7. The van der Waals surface area contributed by atoms with Gasteiger partial charge in [-0.15, -0.1) is 0 Å². The molecule has 27 heavy (non-hydrogen) atoms. The molecular weight excluding hydrogens is 348 g/mol. The third-order valence-corrected chi connectivity index (χ3v) is 4.83. The fourth-order valence-electron chi connectivity index (χ4n) is 3.43. The van der Waals surface area contributed by atoms with Gasteiger partial charge in [0.05, 0.1) is 7.11 Å². The summed E-state index contributed by atoms with van der Waals surface area (Å²) in [5.74, 6) is 1.48. The Hall–Kier alpha value is -3.03. The molecule has 0 unspecified atom stereocenters. The van der Waals surface area contributed by atoms with E-state index in [1.165, 1.54) is 20.0 Å². The van der Waals surface area contributed by atoms with Crippen molar-refractivity contribution in [2.45, 2.75) is 25.7 Å². The van der Waals surface area contributed by atoms with Crippen molar-refractivity contribution in [1.29, 1.82) is 0 Å². The number of rotatable bonds is 3. The molecule has 3 heterocycles. The second-order valence-corrected chi connectivity index (χ2v) is 6.59. The maximum atomic E-state index is 12.1. The van der Waals surface area contributed by atoms with Gasteiger partial charge in [-0.3, -0.25) is 0 Å². The molecule has 4 rings (SSSR count). The monoisotopic (exact) mass is 370 g/mol. The summed E-state index contributed by atoms with van der Waals surface area (Å²) in [6.07, 6.45) is 4.56. The predicted molar refractivity (Wildman–Crippen MR) is 100 cm³/mol. The van der Waals surface area contributed by atoms with E-state index in [0.29, 0.717) is 23.0 Å². The molecule has 0 saturated carbocycles. The Bertz CT molecular complexity index is 863. The number of carbonyl (C=O) groups excluding carboxylic acids is 1. The highest BCUT2D eigenvalue weighted by Crippen LogP contribution is 2.38. The molecule has 2 aliphatic rings. The summed E-state index contributed by atoms with van der Waals surface area (Å²) in [4.78, 5) is 23.4. The van der Waals surface area contributed by atoms with Crippen molar-refractivity contribution in [3.63, 3.8) is 0 Å². The normalized spacial score (nSPS) is 16.1. The quantitative estimate of drug-likeness (QED) is 0.823. The molecule has 142 valence electrons. The first kappa shape index (κ1) is 17.4. The van der Waals surface area contributed by atoms with E-state index in [1.54, 1.807) is 0 Å². The fraction of sp³-hybridized carbons (Fsp3) is 0.421. The summed E-state index contributed by atoms with van der Waals surface area (Å²) in [7, 11) is 1.30. The summed E-state index contributed by atoms with van der Waals surface area (Å²) < 4.78 is 15.7. The van der Waals surface area contributed by atoms with Gasteiger partial charge in [0.2, 0.25) is 6.79 Å². The Morgan fingerprint density at radius 3 is 2.59 bits per heavy atom. The van der Waals surface area contributed by atoms with Crippen LogP contribution in [0.25, 0.3) is 11.3 Å². The number of nitrogen functional groups attached to an aromatic ring is 1. The smallest absolute Gasteiger partial charge is 0.360 e. The van der Waals surface area contributed by atoms with Gasteiger partial charge in [-0.25, -0.2) is 14.8 Å². The van der Waals surface area contributed by atoms with Crippen molar-refractivity contribution in [2.75, 3.05) is 37.6 Å². The standard InChI is InChI=1S/C19H22N4O4/c1-25-19(24)16-17(20)22-18(23-8-4-2-3-5-9-23)15(21-16)12-6-7-13-14(10-12)27-11-26-13/h6-7,10H,2-5,8-9,11H2,1H3,(H2,20,22). The fourth-order valence-corrected chi connectivity index (χ4v) is 3.43. The molecule has 8 nitrogen and oxygen atoms in total. The van der Waals surface area contributed by atoms with Gasteiger partial charge in [0.1, 0.15) is 5.69 Å². The lowest BCUT2D eigenvalue weighted by Gasteiger charge is -2.24. The minimum absolute atomic E-state index is 0.0174.